The Labute approximate surface area is 107 Å². The van der Waals surface area contributed by atoms with E-state index in [9.17, 15) is 4.79 Å². The van der Waals surface area contributed by atoms with E-state index in [0.29, 0.717) is 6.42 Å². The second kappa shape index (κ2) is 5.52. The van der Waals surface area contributed by atoms with E-state index in [0.717, 1.165) is 36.6 Å². The number of rotatable bonds is 3. The van der Waals surface area contributed by atoms with Crippen LogP contribution in [0.25, 0.3) is 0 Å². The van der Waals surface area contributed by atoms with Crippen molar-refractivity contribution in [1.82, 2.24) is 5.16 Å². The van der Waals surface area contributed by atoms with Crippen LogP contribution in [0.4, 0.5) is 5.69 Å². The molecule has 1 aliphatic heterocycles. The Balaban J connectivity index is 2.08. The molecule has 1 aromatic heterocycles. The molecule has 0 bridgehead atoms. The summed E-state index contributed by atoms with van der Waals surface area (Å²) in [6.07, 6.45) is 2.50. The Morgan fingerprint density at radius 3 is 3.00 bits per heavy atom. The Bertz CT molecular complexity index is 428. The predicted octanol–water partition coefficient (Wildman–Crippen LogP) is 2.30. The molecule has 1 fully saturated rings. The van der Waals surface area contributed by atoms with Gasteiger partial charge in [0.1, 0.15) is 11.4 Å². The Morgan fingerprint density at radius 2 is 2.33 bits per heavy atom. The van der Waals surface area contributed by atoms with E-state index in [1.165, 1.54) is 0 Å². The van der Waals surface area contributed by atoms with Crippen molar-refractivity contribution in [2.75, 3.05) is 11.9 Å². The molecule has 0 aliphatic carbocycles. The van der Waals surface area contributed by atoms with Crippen LogP contribution in [0.2, 0.25) is 0 Å². The highest BCUT2D eigenvalue weighted by Crippen LogP contribution is 2.25. The number of ether oxygens (including phenoxy) is 1. The largest absolute Gasteiger partial charge is 0.378 e. The summed E-state index contributed by atoms with van der Waals surface area (Å²) in [5.41, 5.74) is 1.45. The zero-order chi connectivity index (χ0) is 13.1. The maximum atomic E-state index is 12.2. The van der Waals surface area contributed by atoms with Gasteiger partial charge in [-0.2, -0.15) is 0 Å². The molecule has 0 aromatic carbocycles. The molecule has 1 aromatic rings. The van der Waals surface area contributed by atoms with E-state index >= 15 is 0 Å². The lowest BCUT2D eigenvalue weighted by atomic mass is 9.94. The van der Waals surface area contributed by atoms with Gasteiger partial charge in [0.15, 0.2) is 5.76 Å². The van der Waals surface area contributed by atoms with Crippen LogP contribution >= 0.6 is 0 Å². The lowest BCUT2D eigenvalue weighted by molar-refractivity contribution is -0.127. The van der Waals surface area contributed by atoms with E-state index in [-0.39, 0.29) is 17.9 Å². The molecule has 2 rings (SSSR count). The lowest BCUT2D eigenvalue weighted by Gasteiger charge is -2.27. The van der Waals surface area contributed by atoms with E-state index in [1.807, 2.05) is 20.8 Å². The van der Waals surface area contributed by atoms with Gasteiger partial charge in [0.2, 0.25) is 5.91 Å². The van der Waals surface area contributed by atoms with Crippen LogP contribution in [0.1, 0.15) is 38.1 Å². The van der Waals surface area contributed by atoms with Gasteiger partial charge in [0.25, 0.3) is 0 Å². The molecule has 1 amide bonds. The van der Waals surface area contributed by atoms with Gasteiger partial charge in [0, 0.05) is 13.0 Å². The van der Waals surface area contributed by atoms with Crippen molar-refractivity contribution in [3.05, 3.63) is 11.5 Å². The molecule has 0 unspecified atom stereocenters. The third-order valence-electron chi connectivity index (χ3n) is 3.45. The van der Waals surface area contributed by atoms with Gasteiger partial charge in [-0.15, -0.1) is 0 Å². The van der Waals surface area contributed by atoms with Crippen LogP contribution < -0.4 is 5.32 Å². The van der Waals surface area contributed by atoms with Crippen LogP contribution in [0.15, 0.2) is 4.52 Å². The van der Waals surface area contributed by atoms with Gasteiger partial charge < -0.3 is 14.6 Å². The molecule has 2 heterocycles. The summed E-state index contributed by atoms with van der Waals surface area (Å²) < 4.78 is 10.7. The summed E-state index contributed by atoms with van der Waals surface area (Å²) in [6.45, 7) is 6.50. The maximum absolute atomic E-state index is 12.2. The average Bonchev–Trinajstić information content (AvgIpc) is 2.71. The topological polar surface area (TPSA) is 64.4 Å². The SMILES string of the molecule is CCc1onc(C)c1NC(=O)[C@H]1CCCO[C@@H]1C. The van der Waals surface area contributed by atoms with E-state index < -0.39 is 0 Å². The number of anilines is 1. The molecule has 1 N–H and O–H groups in total. The van der Waals surface area contributed by atoms with Crippen molar-refractivity contribution < 1.29 is 14.1 Å². The summed E-state index contributed by atoms with van der Waals surface area (Å²) in [6, 6.07) is 0. The van der Waals surface area contributed by atoms with E-state index in [4.69, 9.17) is 9.26 Å². The number of aromatic nitrogens is 1. The summed E-state index contributed by atoms with van der Waals surface area (Å²) in [5.74, 6) is 0.645. The second-order valence-corrected chi connectivity index (χ2v) is 4.73. The highest BCUT2D eigenvalue weighted by atomic mass is 16.5. The number of nitrogens with zero attached hydrogens (tertiary/aromatic N) is 1. The average molecular weight is 252 g/mol. The van der Waals surface area contributed by atoms with Crippen molar-refractivity contribution in [2.24, 2.45) is 5.92 Å². The number of hydrogen-bond acceptors (Lipinski definition) is 4. The highest BCUT2D eigenvalue weighted by molar-refractivity contribution is 5.93. The van der Waals surface area contributed by atoms with Gasteiger partial charge in [0.05, 0.1) is 12.0 Å². The molecule has 100 valence electrons. The number of hydrogen-bond donors (Lipinski definition) is 1. The van der Waals surface area contributed by atoms with Gasteiger partial charge >= 0.3 is 0 Å². The first-order valence-electron chi connectivity index (χ1n) is 6.51. The van der Waals surface area contributed by atoms with Gasteiger partial charge in [-0.3, -0.25) is 4.79 Å². The molecule has 0 radical (unpaired) electrons. The first-order chi connectivity index (χ1) is 8.63. The summed E-state index contributed by atoms with van der Waals surface area (Å²) in [5, 5.41) is 6.82. The minimum absolute atomic E-state index is 0.00296. The second-order valence-electron chi connectivity index (χ2n) is 4.73. The minimum atomic E-state index is -0.0854. The molecule has 1 aliphatic rings. The quantitative estimate of drug-likeness (QED) is 0.896. The number of aryl methyl sites for hydroxylation is 2. The summed E-state index contributed by atoms with van der Waals surface area (Å²) in [7, 11) is 0. The van der Waals surface area contributed by atoms with Crippen LogP contribution in [-0.2, 0) is 16.0 Å². The number of carbonyl (C=O) groups excluding carboxylic acids is 1. The minimum Gasteiger partial charge on any atom is -0.378 e. The zero-order valence-corrected chi connectivity index (χ0v) is 11.2. The smallest absolute Gasteiger partial charge is 0.230 e. The number of amides is 1. The van der Waals surface area contributed by atoms with Gasteiger partial charge in [-0.1, -0.05) is 12.1 Å². The van der Waals surface area contributed by atoms with Gasteiger partial charge in [-0.25, -0.2) is 0 Å². The number of carbonyl (C=O) groups is 1. The molecule has 18 heavy (non-hydrogen) atoms. The molecule has 5 nitrogen and oxygen atoms in total. The van der Waals surface area contributed by atoms with Crippen LogP contribution in [0, 0.1) is 12.8 Å². The van der Waals surface area contributed by atoms with Crippen LogP contribution in [-0.4, -0.2) is 23.8 Å². The normalized spacial score (nSPS) is 23.9. The fraction of sp³-hybridized carbons (Fsp3) is 0.692. The standard InChI is InChI=1S/C13H20N2O3/c1-4-11-12(8(2)15-18-11)14-13(16)10-6-5-7-17-9(10)3/h9-10H,4-7H2,1-3H3,(H,14,16)/t9-,10+/m1/s1. The van der Waals surface area contributed by atoms with Crippen molar-refractivity contribution in [1.29, 1.82) is 0 Å². The van der Waals surface area contributed by atoms with Crippen LogP contribution in [0.3, 0.4) is 0 Å². The first-order valence-corrected chi connectivity index (χ1v) is 6.51. The molecule has 1 saturated heterocycles. The van der Waals surface area contributed by atoms with Crippen molar-refractivity contribution >= 4 is 11.6 Å². The maximum Gasteiger partial charge on any atom is 0.230 e. The van der Waals surface area contributed by atoms with Gasteiger partial charge in [-0.05, 0) is 26.7 Å². The molecule has 5 heteroatoms. The molecule has 0 spiro atoms. The molecular weight excluding hydrogens is 232 g/mol. The third-order valence-corrected chi connectivity index (χ3v) is 3.45. The molecular formula is C13H20N2O3. The van der Waals surface area contributed by atoms with Crippen molar-refractivity contribution in [3.8, 4) is 0 Å². The monoisotopic (exact) mass is 252 g/mol. The summed E-state index contributed by atoms with van der Waals surface area (Å²) in [4.78, 5) is 12.2. The van der Waals surface area contributed by atoms with Crippen molar-refractivity contribution in [2.45, 2.75) is 46.1 Å². The van der Waals surface area contributed by atoms with E-state index in [2.05, 4.69) is 10.5 Å². The zero-order valence-electron chi connectivity index (χ0n) is 11.2. The Kier molecular flexibility index (Phi) is 4.01. The molecule has 2 atom stereocenters. The van der Waals surface area contributed by atoms with Crippen molar-refractivity contribution in [3.63, 3.8) is 0 Å². The lowest BCUT2D eigenvalue weighted by Crippen LogP contribution is -2.36. The predicted molar refractivity (Wildman–Crippen MR) is 67.4 cm³/mol. The van der Waals surface area contributed by atoms with Crippen LogP contribution in [0.5, 0.6) is 0 Å². The summed E-state index contributed by atoms with van der Waals surface area (Å²) >= 11 is 0. The first kappa shape index (κ1) is 13.1. The number of nitrogens with one attached hydrogen (secondary N) is 1. The fourth-order valence-electron chi connectivity index (χ4n) is 2.30. The van der Waals surface area contributed by atoms with E-state index in [1.54, 1.807) is 0 Å². The fourth-order valence-corrected chi connectivity index (χ4v) is 2.30. The molecule has 0 saturated carbocycles. The Morgan fingerprint density at radius 1 is 1.56 bits per heavy atom. The highest BCUT2D eigenvalue weighted by Gasteiger charge is 2.29. The third kappa shape index (κ3) is 2.56. The Hall–Kier alpha value is -1.36.